The van der Waals surface area contributed by atoms with Gasteiger partial charge < -0.3 is 0 Å². The minimum atomic E-state index is 0.795. The zero-order valence-corrected chi connectivity index (χ0v) is 8.74. The van der Waals surface area contributed by atoms with Crippen molar-refractivity contribution < 1.29 is 0 Å². The van der Waals surface area contributed by atoms with Gasteiger partial charge in [-0.15, -0.1) is 0 Å². The van der Waals surface area contributed by atoms with E-state index in [1.807, 2.05) is 12.3 Å². The molecule has 2 aromatic rings. The first-order valence-electron chi connectivity index (χ1n) is 3.64. The molecule has 1 heterocycles. The maximum absolute atomic E-state index is 4.29. The second-order valence-electron chi connectivity index (χ2n) is 2.70. The fourth-order valence-corrected chi connectivity index (χ4v) is 1.53. The second kappa shape index (κ2) is 2.97. The van der Waals surface area contributed by atoms with Crippen molar-refractivity contribution in [1.29, 1.82) is 0 Å². The summed E-state index contributed by atoms with van der Waals surface area (Å²) in [7, 11) is 0. The number of benzene rings is 1. The molecule has 60 valence electrons. The first-order chi connectivity index (χ1) is 5.75. The molecule has 2 nitrogen and oxygen atoms in total. The molecule has 0 N–H and O–H groups in total. The van der Waals surface area contributed by atoms with Crippen LogP contribution < -0.4 is 0 Å². The Morgan fingerprint density at radius 2 is 2.17 bits per heavy atom. The SMILES string of the molecule is Cc1ccc2nc(I)ncc2c1. The third-order valence-corrected chi connectivity index (χ3v) is 2.23. The molecule has 0 radical (unpaired) electrons. The average Bonchev–Trinajstić information content (AvgIpc) is 2.05. The average molecular weight is 270 g/mol. The molecule has 0 aliphatic carbocycles. The number of aromatic nitrogens is 2. The highest BCUT2D eigenvalue weighted by Gasteiger charge is 1.95. The molecule has 12 heavy (non-hydrogen) atoms. The Labute approximate surface area is 84.2 Å². The van der Waals surface area contributed by atoms with Gasteiger partial charge in [0.2, 0.25) is 0 Å². The van der Waals surface area contributed by atoms with Crippen LogP contribution >= 0.6 is 22.6 Å². The van der Waals surface area contributed by atoms with Gasteiger partial charge in [-0.25, -0.2) is 9.97 Å². The van der Waals surface area contributed by atoms with Crippen LogP contribution in [0.1, 0.15) is 5.56 Å². The maximum atomic E-state index is 4.29. The molecule has 1 aromatic heterocycles. The predicted molar refractivity (Wildman–Crippen MR) is 57.0 cm³/mol. The van der Waals surface area contributed by atoms with Crippen molar-refractivity contribution in [2.75, 3.05) is 0 Å². The molecule has 2 rings (SSSR count). The van der Waals surface area contributed by atoms with Crippen molar-refractivity contribution in [2.45, 2.75) is 6.92 Å². The molecule has 0 saturated carbocycles. The van der Waals surface area contributed by atoms with Crippen molar-refractivity contribution in [3.63, 3.8) is 0 Å². The number of aryl methyl sites for hydroxylation is 1. The third-order valence-electron chi connectivity index (χ3n) is 1.71. The lowest BCUT2D eigenvalue weighted by atomic mass is 10.2. The van der Waals surface area contributed by atoms with Crippen LogP contribution in [0.5, 0.6) is 0 Å². The Morgan fingerprint density at radius 3 is 3.00 bits per heavy atom. The van der Waals surface area contributed by atoms with Crippen LogP contribution in [0.25, 0.3) is 10.9 Å². The smallest absolute Gasteiger partial charge is 0.191 e. The fraction of sp³-hybridized carbons (Fsp3) is 0.111. The zero-order valence-electron chi connectivity index (χ0n) is 6.58. The first kappa shape index (κ1) is 7.91. The van der Waals surface area contributed by atoms with Gasteiger partial charge in [0, 0.05) is 34.2 Å². The monoisotopic (exact) mass is 270 g/mol. The molecule has 0 spiro atoms. The molecular formula is C9H7IN2. The predicted octanol–water partition coefficient (Wildman–Crippen LogP) is 2.54. The Bertz CT molecular complexity index is 385. The van der Waals surface area contributed by atoms with Crippen molar-refractivity contribution in [1.82, 2.24) is 9.97 Å². The zero-order chi connectivity index (χ0) is 8.55. The molecule has 0 atom stereocenters. The minimum Gasteiger partial charge on any atom is -0.231 e. The number of fused-ring (bicyclic) bond motifs is 1. The molecule has 0 aliphatic heterocycles. The molecule has 0 amide bonds. The lowest BCUT2D eigenvalue weighted by Gasteiger charge is -1.97. The van der Waals surface area contributed by atoms with Gasteiger partial charge >= 0.3 is 0 Å². The summed E-state index contributed by atoms with van der Waals surface area (Å²) in [6, 6.07) is 6.17. The normalized spacial score (nSPS) is 10.5. The lowest BCUT2D eigenvalue weighted by Crippen LogP contribution is -1.87. The highest BCUT2D eigenvalue weighted by atomic mass is 127. The standard InChI is InChI=1S/C9H7IN2/c1-6-2-3-8-7(4-6)5-11-9(10)12-8/h2-5H,1H3. The van der Waals surface area contributed by atoms with E-state index in [-0.39, 0.29) is 0 Å². The van der Waals surface area contributed by atoms with Crippen LogP contribution in [0.3, 0.4) is 0 Å². The van der Waals surface area contributed by atoms with Crippen molar-refractivity contribution in [3.05, 3.63) is 33.8 Å². The summed E-state index contributed by atoms with van der Waals surface area (Å²) in [6.07, 6.45) is 1.86. The van der Waals surface area contributed by atoms with E-state index in [2.05, 4.69) is 51.6 Å². The van der Waals surface area contributed by atoms with Gasteiger partial charge in [-0.1, -0.05) is 11.6 Å². The van der Waals surface area contributed by atoms with E-state index in [9.17, 15) is 0 Å². The summed E-state index contributed by atoms with van der Waals surface area (Å²) in [5, 5.41) is 1.11. The van der Waals surface area contributed by atoms with E-state index in [0.29, 0.717) is 0 Å². The van der Waals surface area contributed by atoms with Crippen molar-refractivity contribution >= 4 is 33.5 Å². The van der Waals surface area contributed by atoms with Crippen LogP contribution in [0, 0.1) is 10.8 Å². The van der Waals surface area contributed by atoms with E-state index in [1.54, 1.807) is 0 Å². The molecule has 0 aliphatic rings. The molecule has 0 unspecified atom stereocenters. The highest BCUT2D eigenvalue weighted by molar-refractivity contribution is 14.1. The summed E-state index contributed by atoms with van der Waals surface area (Å²) in [5.74, 6) is 0. The quantitative estimate of drug-likeness (QED) is 0.543. The molecule has 0 fully saturated rings. The van der Waals surface area contributed by atoms with Crippen molar-refractivity contribution in [3.8, 4) is 0 Å². The van der Waals surface area contributed by atoms with Crippen LogP contribution in [-0.4, -0.2) is 9.97 Å². The summed E-state index contributed by atoms with van der Waals surface area (Å²) in [4.78, 5) is 8.42. The molecule has 3 heteroatoms. The van der Waals surface area contributed by atoms with Crippen LogP contribution in [0.4, 0.5) is 0 Å². The minimum absolute atomic E-state index is 0.795. The van der Waals surface area contributed by atoms with E-state index in [1.165, 1.54) is 5.56 Å². The number of halogens is 1. The first-order valence-corrected chi connectivity index (χ1v) is 4.72. The van der Waals surface area contributed by atoms with Crippen LogP contribution in [0.2, 0.25) is 0 Å². The van der Waals surface area contributed by atoms with Gasteiger partial charge in [-0.2, -0.15) is 0 Å². The van der Waals surface area contributed by atoms with E-state index in [0.717, 1.165) is 14.7 Å². The molecule has 0 bridgehead atoms. The Hall–Kier alpha value is -0.710. The fourth-order valence-electron chi connectivity index (χ4n) is 1.13. The second-order valence-corrected chi connectivity index (χ2v) is 3.67. The van der Waals surface area contributed by atoms with Crippen LogP contribution in [-0.2, 0) is 0 Å². The van der Waals surface area contributed by atoms with Gasteiger partial charge in [0.1, 0.15) is 0 Å². The largest absolute Gasteiger partial charge is 0.231 e. The van der Waals surface area contributed by atoms with Gasteiger partial charge in [0.15, 0.2) is 3.83 Å². The summed E-state index contributed by atoms with van der Waals surface area (Å²) in [6.45, 7) is 2.07. The maximum Gasteiger partial charge on any atom is 0.191 e. The molecule has 0 saturated heterocycles. The summed E-state index contributed by atoms with van der Waals surface area (Å²) < 4.78 is 0.795. The van der Waals surface area contributed by atoms with Crippen molar-refractivity contribution in [2.24, 2.45) is 0 Å². The molecular weight excluding hydrogens is 263 g/mol. The third kappa shape index (κ3) is 1.41. The van der Waals surface area contributed by atoms with E-state index < -0.39 is 0 Å². The highest BCUT2D eigenvalue weighted by Crippen LogP contribution is 2.12. The molecule has 1 aromatic carbocycles. The summed E-state index contributed by atoms with van der Waals surface area (Å²) in [5.41, 5.74) is 2.26. The van der Waals surface area contributed by atoms with E-state index >= 15 is 0 Å². The number of rotatable bonds is 0. The number of hydrogen-bond acceptors (Lipinski definition) is 2. The Morgan fingerprint density at radius 1 is 1.33 bits per heavy atom. The topological polar surface area (TPSA) is 25.8 Å². The Kier molecular flexibility index (Phi) is 1.96. The number of hydrogen-bond donors (Lipinski definition) is 0. The Balaban J connectivity index is 2.79. The van der Waals surface area contributed by atoms with Gasteiger partial charge in [0.05, 0.1) is 5.52 Å². The van der Waals surface area contributed by atoms with Gasteiger partial charge in [-0.3, -0.25) is 0 Å². The number of nitrogens with zero attached hydrogens (tertiary/aromatic N) is 2. The van der Waals surface area contributed by atoms with Gasteiger partial charge in [-0.05, 0) is 19.1 Å². The van der Waals surface area contributed by atoms with E-state index in [4.69, 9.17) is 0 Å². The van der Waals surface area contributed by atoms with Gasteiger partial charge in [0.25, 0.3) is 0 Å². The van der Waals surface area contributed by atoms with Crippen LogP contribution in [0.15, 0.2) is 24.4 Å². The summed E-state index contributed by atoms with van der Waals surface area (Å²) >= 11 is 2.11. The lowest BCUT2D eigenvalue weighted by molar-refractivity contribution is 1.15.